The highest BCUT2D eigenvalue weighted by Gasteiger charge is 2.29. The number of alkyl halides is 3. The van der Waals surface area contributed by atoms with Gasteiger partial charge in [0.15, 0.2) is 0 Å². The lowest BCUT2D eigenvalue weighted by Crippen LogP contribution is -2.05. The van der Waals surface area contributed by atoms with E-state index in [1.165, 1.54) is 12.1 Å². The van der Waals surface area contributed by atoms with E-state index in [1.807, 2.05) is 19.9 Å². The Balaban J connectivity index is 2.10. The fourth-order valence-electron chi connectivity index (χ4n) is 2.13. The van der Waals surface area contributed by atoms with Gasteiger partial charge in [-0.3, -0.25) is 0 Å². The van der Waals surface area contributed by atoms with Crippen LogP contribution in [0.5, 0.6) is 5.75 Å². The summed E-state index contributed by atoms with van der Waals surface area (Å²) in [6.07, 6.45) is -4.32. The number of benzene rings is 2. The van der Waals surface area contributed by atoms with Crippen LogP contribution >= 0.6 is 0 Å². The predicted molar refractivity (Wildman–Crippen MR) is 76.1 cm³/mol. The van der Waals surface area contributed by atoms with Gasteiger partial charge in [-0.25, -0.2) is 0 Å². The van der Waals surface area contributed by atoms with Gasteiger partial charge in [0.2, 0.25) is 0 Å². The van der Waals surface area contributed by atoms with E-state index in [-0.39, 0.29) is 6.61 Å². The first-order valence-corrected chi connectivity index (χ1v) is 6.43. The fourth-order valence-corrected chi connectivity index (χ4v) is 2.13. The summed E-state index contributed by atoms with van der Waals surface area (Å²) in [5, 5.41) is 0. The Bertz CT molecular complexity index is 610. The molecule has 0 atom stereocenters. The molecule has 112 valence electrons. The normalized spacial score (nSPS) is 11.5. The Morgan fingerprint density at radius 2 is 1.67 bits per heavy atom. The molecule has 0 saturated carbocycles. The van der Waals surface area contributed by atoms with Crippen molar-refractivity contribution in [3.8, 4) is 5.75 Å². The van der Waals surface area contributed by atoms with Crippen LogP contribution in [0.4, 0.5) is 18.9 Å². The quantitative estimate of drug-likeness (QED) is 0.847. The standard InChI is InChI=1S/C16H16F3NO/c1-10-7-11(2)15(14(20)8-10)21-9-12-3-5-13(6-4-12)16(17,18)19/h3-8H,9,20H2,1-2H3. The summed E-state index contributed by atoms with van der Waals surface area (Å²) in [5.74, 6) is 0.570. The SMILES string of the molecule is Cc1cc(C)c(OCc2ccc(C(F)(F)F)cc2)c(N)c1. The third-order valence-electron chi connectivity index (χ3n) is 3.11. The smallest absolute Gasteiger partial charge is 0.416 e. The highest BCUT2D eigenvalue weighted by molar-refractivity contribution is 5.58. The maximum atomic E-state index is 12.5. The molecule has 0 heterocycles. The Morgan fingerprint density at radius 1 is 1.05 bits per heavy atom. The van der Waals surface area contributed by atoms with E-state index in [0.29, 0.717) is 17.0 Å². The van der Waals surface area contributed by atoms with E-state index in [0.717, 1.165) is 23.3 Å². The molecule has 0 radical (unpaired) electrons. The van der Waals surface area contributed by atoms with E-state index in [4.69, 9.17) is 10.5 Å². The molecule has 21 heavy (non-hydrogen) atoms. The first kappa shape index (κ1) is 15.2. The lowest BCUT2D eigenvalue weighted by atomic mass is 10.1. The lowest BCUT2D eigenvalue weighted by Gasteiger charge is -2.13. The number of aryl methyl sites for hydroxylation is 2. The highest BCUT2D eigenvalue weighted by atomic mass is 19.4. The van der Waals surface area contributed by atoms with Gasteiger partial charge in [0.05, 0.1) is 11.3 Å². The van der Waals surface area contributed by atoms with Crippen LogP contribution in [0, 0.1) is 13.8 Å². The average molecular weight is 295 g/mol. The van der Waals surface area contributed by atoms with E-state index < -0.39 is 11.7 Å². The van der Waals surface area contributed by atoms with Crippen LogP contribution in [-0.2, 0) is 12.8 Å². The molecule has 0 fully saturated rings. The Morgan fingerprint density at radius 3 is 2.19 bits per heavy atom. The number of ether oxygens (including phenoxy) is 1. The second-order valence-corrected chi connectivity index (χ2v) is 4.98. The minimum atomic E-state index is -4.32. The van der Waals surface area contributed by atoms with E-state index >= 15 is 0 Å². The van der Waals surface area contributed by atoms with Crippen molar-refractivity contribution >= 4 is 5.69 Å². The van der Waals surface area contributed by atoms with Gasteiger partial charge in [-0.2, -0.15) is 13.2 Å². The Labute approximate surface area is 121 Å². The van der Waals surface area contributed by atoms with Crippen molar-refractivity contribution < 1.29 is 17.9 Å². The second kappa shape index (κ2) is 5.68. The predicted octanol–water partition coefficient (Wildman–Crippen LogP) is 4.48. The van der Waals surface area contributed by atoms with Gasteiger partial charge in [0.1, 0.15) is 12.4 Å². The van der Waals surface area contributed by atoms with Crippen molar-refractivity contribution in [3.63, 3.8) is 0 Å². The second-order valence-electron chi connectivity index (χ2n) is 4.98. The van der Waals surface area contributed by atoms with E-state index in [9.17, 15) is 13.2 Å². The van der Waals surface area contributed by atoms with Crippen molar-refractivity contribution in [1.29, 1.82) is 0 Å². The van der Waals surface area contributed by atoms with Gasteiger partial charge in [-0.1, -0.05) is 18.2 Å². The molecule has 0 saturated heterocycles. The third-order valence-corrected chi connectivity index (χ3v) is 3.11. The van der Waals surface area contributed by atoms with Crippen LogP contribution in [0.2, 0.25) is 0 Å². The van der Waals surface area contributed by atoms with Gasteiger partial charge < -0.3 is 10.5 Å². The molecule has 0 amide bonds. The molecule has 2 rings (SSSR count). The maximum Gasteiger partial charge on any atom is 0.416 e. The van der Waals surface area contributed by atoms with Crippen LogP contribution in [0.15, 0.2) is 36.4 Å². The topological polar surface area (TPSA) is 35.2 Å². The van der Waals surface area contributed by atoms with Crippen molar-refractivity contribution in [1.82, 2.24) is 0 Å². The van der Waals surface area contributed by atoms with Gasteiger partial charge in [0, 0.05) is 0 Å². The molecule has 2 nitrogen and oxygen atoms in total. The molecule has 2 aromatic carbocycles. The zero-order chi connectivity index (χ0) is 15.6. The summed E-state index contributed by atoms with van der Waals surface area (Å²) in [6, 6.07) is 8.65. The summed E-state index contributed by atoms with van der Waals surface area (Å²) < 4.78 is 43.0. The molecule has 0 aliphatic carbocycles. The fraction of sp³-hybridized carbons (Fsp3) is 0.250. The molecular weight excluding hydrogens is 279 g/mol. The summed E-state index contributed by atoms with van der Waals surface area (Å²) in [4.78, 5) is 0. The van der Waals surface area contributed by atoms with Crippen molar-refractivity contribution in [2.45, 2.75) is 26.6 Å². The highest BCUT2D eigenvalue weighted by Crippen LogP contribution is 2.30. The first-order valence-electron chi connectivity index (χ1n) is 6.43. The van der Waals surface area contributed by atoms with Gasteiger partial charge >= 0.3 is 6.18 Å². The molecule has 0 unspecified atom stereocenters. The molecular formula is C16H16F3NO. The maximum absolute atomic E-state index is 12.5. The number of halogens is 3. The molecule has 0 aliphatic rings. The van der Waals surface area contributed by atoms with E-state index in [1.54, 1.807) is 6.07 Å². The minimum Gasteiger partial charge on any atom is -0.486 e. The van der Waals surface area contributed by atoms with Gasteiger partial charge in [-0.15, -0.1) is 0 Å². The first-order chi connectivity index (χ1) is 9.77. The zero-order valence-corrected chi connectivity index (χ0v) is 11.8. The number of nitrogens with two attached hydrogens (primary N) is 1. The molecule has 0 aliphatic heterocycles. The van der Waals surface area contributed by atoms with Crippen LogP contribution in [0.3, 0.4) is 0 Å². The molecule has 5 heteroatoms. The number of anilines is 1. The lowest BCUT2D eigenvalue weighted by molar-refractivity contribution is -0.137. The number of hydrogen-bond donors (Lipinski definition) is 1. The largest absolute Gasteiger partial charge is 0.486 e. The third kappa shape index (κ3) is 3.68. The van der Waals surface area contributed by atoms with Gasteiger partial charge in [0.25, 0.3) is 0 Å². The summed E-state index contributed by atoms with van der Waals surface area (Å²) in [6.45, 7) is 3.99. The minimum absolute atomic E-state index is 0.173. The Hall–Kier alpha value is -2.17. The number of hydrogen-bond acceptors (Lipinski definition) is 2. The van der Waals surface area contributed by atoms with Crippen molar-refractivity contribution in [2.75, 3.05) is 5.73 Å². The van der Waals surface area contributed by atoms with Gasteiger partial charge in [-0.05, 0) is 48.7 Å². The summed E-state index contributed by atoms with van der Waals surface area (Å²) >= 11 is 0. The zero-order valence-electron chi connectivity index (χ0n) is 11.8. The molecule has 0 aromatic heterocycles. The van der Waals surface area contributed by atoms with Crippen LogP contribution in [0.25, 0.3) is 0 Å². The van der Waals surface area contributed by atoms with Crippen molar-refractivity contribution in [2.24, 2.45) is 0 Å². The Kier molecular flexibility index (Phi) is 4.11. The molecule has 0 bridgehead atoms. The molecule has 2 N–H and O–H groups in total. The molecule has 0 spiro atoms. The summed E-state index contributed by atoms with van der Waals surface area (Å²) in [5.41, 5.74) is 8.34. The monoisotopic (exact) mass is 295 g/mol. The number of rotatable bonds is 3. The van der Waals surface area contributed by atoms with Crippen molar-refractivity contribution in [3.05, 3.63) is 58.7 Å². The van der Waals surface area contributed by atoms with Crippen LogP contribution < -0.4 is 10.5 Å². The molecule has 2 aromatic rings. The summed E-state index contributed by atoms with van der Waals surface area (Å²) in [7, 11) is 0. The van der Waals surface area contributed by atoms with Crippen LogP contribution in [-0.4, -0.2) is 0 Å². The average Bonchev–Trinajstić information content (AvgIpc) is 2.37. The van der Waals surface area contributed by atoms with Crippen LogP contribution in [0.1, 0.15) is 22.3 Å². The number of nitrogen functional groups attached to an aromatic ring is 1. The van der Waals surface area contributed by atoms with E-state index in [2.05, 4.69) is 0 Å².